The van der Waals surface area contributed by atoms with Gasteiger partial charge in [-0.3, -0.25) is 0 Å². The molecule has 0 radical (unpaired) electrons. The van der Waals surface area contributed by atoms with Gasteiger partial charge in [-0.15, -0.1) is 0 Å². The molecule has 0 fully saturated rings. The van der Waals surface area contributed by atoms with Crippen molar-refractivity contribution in [2.24, 2.45) is 0 Å². The molecule has 60 valence electrons. The van der Waals surface area contributed by atoms with E-state index in [9.17, 15) is 9.18 Å². The van der Waals surface area contributed by atoms with Crippen LogP contribution in [0.2, 0.25) is 0 Å². The predicted molar refractivity (Wildman–Crippen MR) is 44.8 cm³/mol. The van der Waals surface area contributed by atoms with Crippen LogP contribution in [-0.4, -0.2) is 18.1 Å². The Labute approximate surface area is 76.1 Å². The van der Waals surface area contributed by atoms with E-state index < -0.39 is 11.8 Å². The molecule has 0 saturated carbocycles. The normalized spacial score (nSPS) is 9.73. The first-order valence-electron chi connectivity index (χ1n) is 2.77. The Bertz CT molecular complexity index is 265. The fraction of sp³-hybridized carbons (Fsp3) is 0.167. The Morgan fingerprint density at radius 1 is 1.82 bits per heavy atom. The first kappa shape index (κ1) is 8.51. The largest absolute Gasteiger partial charge is 0.464 e. The number of carbonyl (C=O) groups excluding carboxylic acids is 1. The predicted octanol–water partition coefficient (Wildman–Crippen LogP) is 1.54. The van der Waals surface area contributed by atoms with Crippen LogP contribution in [0.25, 0.3) is 0 Å². The van der Waals surface area contributed by atoms with Crippen LogP contribution < -0.4 is 0 Å². The highest BCUT2D eigenvalue weighted by Crippen LogP contribution is 2.11. The number of hydrogen-bond acceptors (Lipinski definition) is 2. The molecule has 11 heavy (non-hydrogen) atoms. The van der Waals surface area contributed by atoms with E-state index >= 15 is 0 Å². The number of methoxy groups -OCH3 is 1. The van der Waals surface area contributed by atoms with E-state index in [2.05, 4.69) is 9.72 Å². The minimum atomic E-state index is -0.563. The Morgan fingerprint density at radius 2 is 2.45 bits per heavy atom. The number of H-pyrrole nitrogens is 1. The third kappa shape index (κ3) is 1.70. The van der Waals surface area contributed by atoms with E-state index in [0.29, 0.717) is 3.70 Å². The molecule has 0 aliphatic heterocycles. The summed E-state index contributed by atoms with van der Waals surface area (Å²) < 4.78 is 17.3. The zero-order chi connectivity index (χ0) is 8.43. The lowest BCUT2D eigenvalue weighted by Crippen LogP contribution is -2.00. The Morgan fingerprint density at radius 3 is 2.82 bits per heavy atom. The summed E-state index contributed by atoms with van der Waals surface area (Å²) in [7, 11) is 1.24. The molecule has 0 saturated heterocycles. The van der Waals surface area contributed by atoms with Gasteiger partial charge < -0.3 is 9.72 Å². The molecule has 0 spiro atoms. The van der Waals surface area contributed by atoms with Gasteiger partial charge in [-0.25, -0.2) is 9.18 Å². The summed E-state index contributed by atoms with van der Waals surface area (Å²) in [6.45, 7) is 0. The number of ether oxygens (including phenoxy) is 1. The molecular weight excluding hydrogens is 264 g/mol. The molecule has 0 bridgehead atoms. The summed E-state index contributed by atoms with van der Waals surface area (Å²) in [5.41, 5.74) is 0.134. The second-order valence-corrected chi connectivity index (χ2v) is 2.92. The van der Waals surface area contributed by atoms with E-state index in [1.54, 1.807) is 22.6 Å². The number of aromatic amines is 1. The van der Waals surface area contributed by atoms with Crippen molar-refractivity contribution in [1.29, 1.82) is 0 Å². The third-order valence-corrected chi connectivity index (χ3v) is 1.92. The highest BCUT2D eigenvalue weighted by atomic mass is 127. The summed E-state index contributed by atoms with van der Waals surface area (Å²) >= 11 is 1.76. The fourth-order valence-corrected chi connectivity index (χ4v) is 1.07. The number of halogens is 2. The van der Waals surface area contributed by atoms with Gasteiger partial charge in [-0.05, 0) is 22.6 Å². The van der Waals surface area contributed by atoms with Crippen LogP contribution in [-0.2, 0) is 4.74 Å². The minimum absolute atomic E-state index is 0.134. The van der Waals surface area contributed by atoms with Crippen LogP contribution in [0.15, 0.2) is 6.07 Å². The zero-order valence-corrected chi connectivity index (χ0v) is 7.81. The first-order valence-corrected chi connectivity index (χ1v) is 3.85. The van der Waals surface area contributed by atoms with Crippen LogP contribution in [0.3, 0.4) is 0 Å². The van der Waals surface area contributed by atoms with Crippen molar-refractivity contribution in [3.05, 3.63) is 21.3 Å². The summed E-state index contributed by atoms with van der Waals surface area (Å²) in [5.74, 6) is -1.00. The smallest absolute Gasteiger partial charge is 0.354 e. The van der Waals surface area contributed by atoms with Crippen LogP contribution in [0.1, 0.15) is 10.5 Å². The minimum Gasteiger partial charge on any atom is -0.464 e. The van der Waals surface area contributed by atoms with Crippen molar-refractivity contribution < 1.29 is 13.9 Å². The molecule has 0 aliphatic carbocycles. The van der Waals surface area contributed by atoms with Gasteiger partial charge >= 0.3 is 5.97 Å². The monoisotopic (exact) mass is 269 g/mol. The van der Waals surface area contributed by atoms with Gasteiger partial charge in [-0.1, -0.05) is 0 Å². The molecule has 1 aromatic heterocycles. The lowest BCUT2D eigenvalue weighted by Gasteiger charge is -1.91. The van der Waals surface area contributed by atoms with Crippen molar-refractivity contribution in [3.63, 3.8) is 0 Å². The van der Waals surface area contributed by atoms with Crippen molar-refractivity contribution >= 4 is 28.6 Å². The van der Waals surface area contributed by atoms with Crippen LogP contribution in [0.4, 0.5) is 4.39 Å². The standard InChI is InChI=1S/C6H5FINO2/c1-11-6(10)4-2-3(7)5(8)9-4/h2,9H,1H3. The van der Waals surface area contributed by atoms with E-state index in [1.165, 1.54) is 7.11 Å². The van der Waals surface area contributed by atoms with Crippen LogP contribution >= 0.6 is 22.6 Å². The molecular formula is C6H5FINO2. The Kier molecular flexibility index (Phi) is 2.48. The van der Waals surface area contributed by atoms with Gasteiger partial charge in [-0.2, -0.15) is 0 Å². The number of rotatable bonds is 1. The van der Waals surface area contributed by atoms with Crippen molar-refractivity contribution in [2.75, 3.05) is 7.11 Å². The van der Waals surface area contributed by atoms with Crippen molar-refractivity contribution in [3.8, 4) is 0 Å². The van der Waals surface area contributed by atoms with Crippen LogP contribution in [0, 0.1) is 9.52 Å². The molecule has 1 aromatic rings. The quantitative estimate of drug-likeness (QED) is 0.620. The highest BCUT2D eigenvalue weighted by molar-refractivity contribution is 14.1. The topological polar surface area (TPSA) is 42.1 Å². The second kappa shape index (κ2) is 3.21. The average molecular weight is 269 g/mol. The summed E-state index contributed by atoms with van der Waals surface area (Å²) in [6, 6.07) is 1.10. The number of aromatic nitrogens is 1. The molecule has 5 heteroatoms. The van der Waals surface area contributed by atoms with E-state index in [0.717, 1.165) is 6.07 Å². The number of nitrogens with one attached hydrogen (secondary N) is 1. The van der Waals surface area contributed by atoms with Gasteiger partial charge in [0.2, 0.25) is 0 Å². The lowest BCUT2D eigenvalue weighted by molar-refractivity contribution is 0.0594. The summed E-state index contributed by atoms with van der Waals surface area (Å²) in [6.07, 6.45) is 0. The van der Waals surface area contributed by atoms with Gasteiger partial charge in [0, 0.05) is 6.07 Å². The van der Waals surface area contributed by atoms with E-state index in [4.69, 9.17) is 0 Å². The molecule has 3 nitrogen and oxygen atoms in total. The Hall–Kier alpha value is -0.590. The van der Waals surface area contributed by atoms with Gasteiger partial charge in [0.1, 0.15) is 9.39 Å². The Balaban J connectivity index is 2.97. The molecule has 0 aromatic carbocycles. The maximum absolute atomic E-state index is 12.6. The number of esters is 1. The average Bonchev–Trinajstić information content (AvgIpc) is 2.31. The molecule has 1 rings (SSSR count). The zero-order valence-electron chi connectivity index (χ0n) is 5.65. The van der Waals surface area contributed by atoms with Gasteiger partial charge in [0.15, 0.2) is 5.82 Å². The van der Waals surface area contributed by atoms with Crippen molar-refractivity contribution in [2.45, 2.75) is 0 Å². The maximum atomic E-state index is 12.6. The fourth-order valence-electron chi connectivity index (χ4n) is 0.624. The van der Waals surface area contributed by atoms with Gasteiger partial charge in [0.05, 0.1) is 7.11 Å². The number of carbonyl (C=O) groups is 1. The molecule has 0 unspecified atom stereocenters. The summed E-state index contributed by atoms with van der Waals surface area (Å²) in [5, 5.41) is 0. The van der Waals surface area contributed by atoms with E-state index in [-0.39, 0.29) is 5.69 Å². The highest BCUT2D eigenvalue weighted by Gasteiger charge is 2.11. The molecule has 0 atom stereocenters. The lowest BCUT2D eigenvalue weighted by atomic mass is 10.4. The summed E-state index contributed by atoms with van der Waals surface area (Å²) in [4.78, 5) is 13.3. The molecule has 0 amide bonds. The second-order valence-electron chi connectivity index (χ2n) is 1.84. The molecule has 1 heterocycles. The van der Waals surface area contributed by atoms with Crippen LogP contribution in [0.5, 0.6) is 0 Å². The maximum Gasteiger partial charge on any atom is 0.354 e. The third-order valence-electron chi connectivity index (χ3n) is 1.13. The SMILES string of the molecule is COC(=O)c1cc(F)c(I)[nH]1. The first-order chi connectivity index (χ1) is 5.15. The van der Waals surface area contributed by atoms with Gasteiger partial charge in [0.25, 0.3) is 0 Å². The van der Waals surface area contributed by atoms with Crippen molar-refractivity contribution in [1.82, 2.24) is 4.98 Å². The molecule has 0 aliphatic rings. The number of hydrogen-bond donors (Lipinski definition) is 1. The molecule has 1 N–H and O–H groups in total. The van der Waals surface area contributed by atoms with E-state index in [1.807, 2.05) is 0 Å².